The second-order valence-electron chi connectivity index (χ2n) is 2.97. The molecule has 0 saturated carbocycles. The molecule has 64 valence electrons. The Morgan fingerprint density at radius 1 is 1.73 bits per heavy atom. The summed E-state index contributed by atoms with van der Waals surface area (Å²) >= 11 is 0. The Kier molecular flexibility index (Phi) is 3.02. The van der Waals surface area contributed by atoms with Crippen LogP contribution in [0.5, 0.6) is 0 Å². The maximum Gasteiger partial charge on any atom is 0.152 e. The Labute approximate surface area is 67.1 Å². The van der Waals surface area contributed by atoms with E-state index in [4.69, 9.17) is 4.74 Å². The van der Waals surface area contributed by atoms with Crippen molar-refractivity contribution in [3.8, 4) is 0 Å². The number of carbonyl (C=O) groups excluding carboxylic acids is 1. The molecule has 0 aromatic carbocycles. The second-order valence-corrected chi connectivity index (χ2v) is 2.97. The molecule has 1 rings (SSSR count). The van der Waals surface area contributed by atoms with Gasteiger partial charge < -0.3 is 10.1 Å². The van der Waals surface area contributed by atoms with Crippen molar-refractivity contribution in [2.75, 3.05) is 20.2 Å². The molecule has 0 amide bonds. The molecule has 0 aromatic heterocycles. The Morgan fingerprint density at radius 3 is 2.91 bits per heavy atom. The van der Waals surface area contributed by atoms with Crippen LogP contribution in [0, 0.1) is 5.92 Å². The molecule has 1 aliphatic heterocycles. The maximum absolute atomic E-state index is 11.3. The van der Waals surface area contributed by atoms with Gasteiger partial charge in [0.1, 0.15) is 0 Å². The number of rotatable bonds is 3. The fraction of sp³-hybridized carbons (Fsp3) is 0.875. The molecule has 0 aromatic rings. The van der Waals surface area contributed by atoms with E-state index in [-0.39, 0.29) is 17.8 Å². The molecule has 11 heavy (non-hydrogen) atoms. The quantitative estimate of drug-likeness (QED) is 0.636. The number of Topliss-reactive ketones (excluding diaryl/α,β-unsaturated/α-hetero) is 1. The minimum atomic E-state index is 0.121. The number of carbonyl (C=O) groups is 1. The lowest BCUT2D eigenvalue weighted by atomic mass is 9.97. The van der Waals surface area contributed by atoms with Gasteiger partial charge in [0.2, 0.25) is 0 Å². The minimum Gasteiger partial charge on any atom is -0.378 e. The maximum atomic E-state index is 11.3. The predicted octanol–water partition coefficient (Wildman–Crippen LogP) is 0.200. The van der Waals surface area contributed by atoms with Crippen LogP contribution in [0.3, 0.4) is 0 Å². The summed E-state index contributed by atoms with van der Waals surface area (Å²) in [6.07, 6.45) is 1.01. The van der Waals surface area contributed by atoms with Crippen molar-refractivity contribution in [3.05, 3.63) is 0 Å². The van der Waals surface area contributed by atoms with Gasteiger partial charge in [-0.15, -0.1) is 0 Å². The predicted molar refractivity (Wildman–Crippen MR) is 42.5 cm³/mol. The molecule has 2 unspecified atom stereocenters. The number of hydrogen-bond donors (Lipinski definition) is 1. The van der Waals surface area contributed by atoms with Crippen LogP contribution in [0.15, 0.2) is 0 Å². The zero-order chi connectivity index (χ0) is 8.27. The number of nitrogens with one attached hydrogen (secondary N) is 1. The van der Waals surface area contributed by atoms with Crippen LogP contribution in [-0.4, -0.2) is 32.1 Å². The monoisotopic (exact) mass is 157 g/mol. The van der Waals surface area contributed by atoms with Gasteiger partial charge in [0, 0.05) is 12.5 Å². The van der Waals surface area contributed by atoms with Gasteiger partial charge >= 0.3 is 0 Å². The summed E-state index contributed by atoms with van der Waals surface area (Å²) in [6.45, 7) is 3.17. The van der Waals surface area contributed by atoms with Crippen molar-refractivity contribution < 1.29 is 9.53 Å². The van der Waals surface area contributed by atoms with Gasteiger partial charge in [-0.3, -0.25) is 4.79 Å². The first-order valence-electron chi connectivity index (χ1n) is 4.04. The number of ether oxygens (including phenoxy) is 1. The molecule has 2 atom stereocenters. The van der Waals surface area contributed by atoms with Crippen LogP contribution in [-0.2, 0) is 9.53 Å². The van der Waals surface area contributed by atoms with Gasteiger partial charge in [-0.1, -0.05) is 0 Å². The lowest BCUT2D eigenvalue weighted by Gasteiger charge is -2.11. The highest BCUT2D eigenvalue weighted by Crippen LogP contribution is 2.20. The van der Waals surface area contributed by atoms with Gasteiger partial charge in [0.05, 0.1) is 12.6 Å². The third kappa shape index (κ3) is 2.01. The first-order chi connectivity index (χ1) is 5.25. The van der Waals surface area contributed by atoms with E-state index < -0.39 is 0 Å². The third-order valence-corrected chi connectivity index (χ3v) is 2.14. The molecule has 0 radical (unpaired) electrons. The zero-order valence-electron chi connectivity index (χ0n) is 7.09. The standard InChI is InChI=1S/C8H15NO2/c1-6-7(3-4-11-6)8(10)5-9-2/h6-7,9H,3-5H2,1-2H3. The lowest BCUT2D eigenvalue weighted by molar-refractivity contribution is -0.123. The Balaban J connectivity index is 2.39. The summed E-state index contributed by atoms with van der Waals surface area (Å²) in [7, 11) is 1.79. The van der Waals surface area contributed by atoms with Crippen LogP contribution >= 0.6 is 0 Å². The van der Waals surface area contributed by atoms with E-state index in [0.717, 1.165) is 13.0 Å². The fourth-order valence-corrected chi connectivity index (χ4v) is 1.46. The SMILES string of the molecule is CNCC(=O)C1CCOC1C. The van der Waals surface area contributed by atoms with Crippen LogP contribution in [0.25, 0.3) is 0 Å². The topological polar surface area (TPSA) is 38.3 Å². The average Bonchev–Trinajstić information content (AvgIpc) is 2.36. The Bertz CT molecular complexity index is 147. The van der Waals surface area contributed by atoms with Crippen molar-refractivity contribution in [1.82, 2.24) is 5.32 Å². The first-order valence-corrected chi connectivity index (χ1v) is 4.04. The van der Waals surface area contributed by atoms with Crippen LogP contribution in [0.4, 0.5) is 0 Å². The zero-order valence-corrected chi connectivity index (χ0v) is 7.09. The molecule has 1 aliphatic rings. The highest BCUT2D eigenvalue weighted by Gasteiger charge is 2.29. The van der Waals surface area contributed by atoms with Crippen molar-refractivity contribution in [3.63, 3.8) is 0 Å². The molecule has 1 saturated heterocycles. The molecular weight excluding hydrogens is 142 g/mol. The van der Waals surface area contributed by atoms with Gasteiger partial charge in [-0.2, -0.15) is 0 Å². The Hall–Kier alpha value is -0.410. The largest absolute Gasteiger partial charge is 0.378 e. The summed E-state index contributed by atoms with van der Waals surface area (Å²) in [5, 5.41) is 2.86. The van der Waals surface area contributed by atoms with Crippen molar-refractivity contribution >= 4 is 5.78 Å². The fourth-order valence-electron chi connectivity index (χ4n) is 1.46. The van der Waals surface area contributed by atoms with Crippen LogP contribution < -0.4 is 5.32 Å². The molecular formula is C8H15NO2. The highest BCUT2D eigenvalue weighted by atomic mass is 16.5. The first kappa shape index (κ1) is 8.68. The molecule has 0 aliphatic carbocycles. The van der Waals surface area contributed by atoms with E-state index in [9.17, 15) is 4.79 Å². The number of likely N-dealkylation sites (N-methyl/N-ethyl adjacent to an activating group) is 1. The Morgan fingerprint density at radius 2 is 2.45 bits per heavy atom. The normalized spacial score (nSPS) is 30.7. The summed E-state index contributed by atoms with van der Waals surface area (Å²) in [6, 6.07) is 0. The van der Waals surface area contributed by atoms with E-state index in [2.05, 4.69) is 5.32 Å². The second kappa shape index (κ2) is 3.83. The molecule has 1 fully saturated rings. The highest BCUT2D eigenvalue weighted by molar-refractivity contribution is 5.83. The minimum absolute atomic E-state index is 0.121. The lowest BCUT2D eigenvalue weighted by Crippen LogP contribution is -2.29. The smallest absolute Gasteiger partial charge is 0.152 e. The van der Waals surface area contributed by atoms with E-state index in [0.29, 0.717) is 6.54 Å². The van der Waals surface area contributed by atoms with Crippen LogP contribution in [0.1, 0.15) is 13.3 Å². The van der Waals surface area contributed by atoms with Crippen molar-refractivity contribution in [2.24, 2.45) is 5.92 Å². The molecule has 3 nitrogen and oxygen atoms in total. The van der Waals surface area contributed by atoms with Crippen molar-refractivity contribution in [2.45, 2.75) is 19.4 Å². The van der Waals surface area contributed by atoms with E-state index >= 15 is 0 Å². The molecule has 1 N–H and O–H groups in total. The van der Waals surface area contributed by atoms with E-state index in [1.54, 1.807) is 7.05 Å². The molecule has 3 heteroatoms. The summed E-state index contributed by atoms with van der Waals surface area (Å²) in [5.41, 5.74) is 0. The molecule has 0 spiro atoms. The van der Waals surface area contributed by atoms with E-state index in [1.807, 2.05) is 6.92 Å². The van der Waals surface area contributed by atoms with Crippen molar-refractivity contribution in [1.29, 1.82) is 0 Å². The number of ketones is 1. The number of hydrogen-bond acceptors (Lipinski definition) is 3. The van der Waals surface area contributed by atoms with E-state index in [1.165, 1.54) is 0 Å². The molecule has 1 heterocycles. The summed E-state index contributed by atoms with van der Waals surface area (Å²) in [5.74, 6) is 0.403. The van der Waals surface area contributed by atoms with Gasteiger partial charge in [0.25, 0.3) is 0 Å². The third-order valence-electron chi connectivity index (χ3n) is 2.14. The van der Waals surface area contributed by atoms with Gasteiger partial charge in [0.15, 0.2) is 5.78 Å². The average molecular weight is 157 g/mol. The van der Waals surface area contributed by atoms with Crippen LogP contribution in [0.2, 0.25) is 0 Å². The summed E-state index contributed by atoms with van der Waals surface area (Å²) in [4.78, 5) is 11.3. The molecule has 0 bridgehead atoms. The summed E-state index contributed by atoms with van der Waals surface area (Å²) < 4.78 is 5.28. The van der Waals surface area contributed by atoms with Gasteiger partial charge in [-0.25, -0.2) is 0 Å². The van der Waals surface area contributed by atoms with Gasteiger partial charge in [-0.05, 0) is 20.4 Å².